The first kappa shape index (κ1) is 26.5. The molecule has 1 unspecified atom stereocenters. The second-order valence-electron chi connectivity index (χ2n) is 9.10. The van der Waals surface area contributed by atoms with E-state index in [9.17, 15) is 9.59 Å². The fourth-order valence-electron chi connectivity index (χ4n) is 3.74. The Morgan fingerprint density at radius 1 is 0.943 bits per heavy atom. The van der Waals surface area contributed by atoms with Crippen LogP contribution in [0.3, 0.4) is 0 Å². The molecule has 0 spiro atoms. The van der Waals surface area contributed by atoms with Gasteiger partial charge in [-0.25, -0.2) is 0 Å². The third kappa shape index (κ3) is 8.55. The van der Waals surface area contributed by atoms with Crippen molar-refractivity contribution in [3.8, 4) is 5.75 Å². The van der Waals surface area contributed by atoms with Gasteiger partial charge in [-0.1, -0.05) is 89.9 Å². The molecule has 0 radical (unpaired) electrons. The molecule has 3 aromatic carbocycles. The van der Waals surface area contributed by atoms with Crippen LogP contribution in [0.25, 0.3) is 0 Å². The van der Waals surface area contributed by atoms with Gasteiger partial charge in [0.05, 0.1) is 0 Å². The summed E-state index contributed by atoms with van der Waals surface area (Å²) in [6.07, 6.45) is 0.417. The van der Waals surface area contributed by atoms with Crippen molar-refractivity contribution in [2.75, 3.05) is 13.2 Å². The quantitative estimate of drug-likeness (QED) is 0.349. The van der Waals surface area contributed by atoms with Crippen molar-refractivity contribution in [1.29, 1.82) is 0 Å². The van der Waals surface area contributed by atoms with E-state index in [-0.39, 0.29) is 18.4 Å². The Labute approximate surface area is 216 Å². The molecule has 0 aliphatic rings. The highest BCUT2D eigenvalue weighted by atomic mass is 79.9. The highest BCUT2D eigenvalue weighted by Crippen LogP contribution is 2.19. The van der Waals surface area contributed by atoms with Crippen LogP contribution in [-0.4, -0.2) is 35.9 Å². The molecule has 0 heterocycles. The molecule has 0 bridgehead atoms. The summed E-state index contributed by atoms with van der Waals surface area (Å²) < 4.78 is 6.73. The van der Waals surface area contributed by atoms with E-state index in [0.717, 1.165) is 21.2 Å². The van der Waals surface area contributed by atoms with E-state index in [4.69, 9.17) is 4.74 Å². The maximum Gasteiger partial charge on any atom is 0.261 e. The van der Waals surface area contributed by atoms with Gasteiger partial charge in [0.15, 0.2) is 6.61 Å². The average Bonchev–Trinajstić information content (AvgIpc) is 2.85. The molecule has 1 N–H and O–H groups in total. The average molecular weight is 537 g/mol. The van der Waals surface area contributed by atoms with Crippen LogP contribution in [0.5, 0.6) is 5.75 Å². The van der Waals surface area contributed by atoms with Crippen molar-refractivity contribution in [2.24, 2.45) is 5.92 Å². The Kier molecular flexibility index (Phi) is 9.91. The van der Waals surface area contributed by atoms with Gasteiger partial charge in [0, 0.05) is 24.0 Å². The molecule has 5 nitrogen and oxygen atoms in total. The summed E-state index contributed by atoms with van der Waals surface area (Å²) in [6.45, 7) is 6.82. The van der Waals surface area contributed by atoms with E-state index in [2.05, 4.69) is 21.2 Å². The van der Waals surface area contributed by atoms with E-state index in [1.165, 1.54) is 0 Å². The van der Waals surface area contributed by atoms with Crippen LogP contribution >= 0.6 is 15.9 Å². The third-order valence-corrected chi connectivity index (χ3v) is 6.10. The summed E-state index contributed by atoms with van der Waals surface area (Å²) >= 11 is 3.41. The normalized spacial score (nSPS) is 11.7. The lowest BCUT2D eigenvalue weighted by Gasteiger charge is -2.31. The van der Waals surface area contributed by atoms with E-state index in [1.54, 1.807) is 17.0 Å². The first-order chi connectivity index (χ1) is 16.8. The molecule has 0 saturated heterocycles. The Morgan fingerprint density at radius 2 is 1.63 bits per heavy atom. The number of carbonyl (C=O) groups is 2. The zero-order valence-corrected chi connectivity index (χ0v) is 22.1. The van der Waals surface area contributed by atoms with Crippen LogP contribution in [0.15, 0.2) is 83.3 Å². The lowest BCUT2D eigenvalue weighted by atomic mass is 10.0. The zero-order valence-electron chi connectivity index (χ0n) is 20.5. The highest BCUT2D eigenvalue weighted by Gasteiger charge is 2.30. The summed E-state index contributed by atoms with van der Waals surface area (Å²) in [5.41, 5.74) is 3.06. The molecule has 0 fully saturated rings. The highest BCUT2D eigenvalue weighted by molar-refractivity contribution is 9.10. The fourth-order valence-corrected chi connectivity index (χ4v) is 4.01. The molecule has 184 valence electrons. The summed E-state index contributed by atoms with van der Waals surface area (Å²) in [4.78, 5) is 28.6. The number of aryl methyl sites for hydroxylation is 1. The van der Waals surface area contributed by atoms with Crippen LogP contribution in [0, 0.1) is 12.8 Å². The molecule has 3 rings (SSSR count). The second-order valence-corrected chi connectivity index (χ2v) is 10.0. The minimum absolute atomic E-state index is 0.157. The molecule has 6 heteroatoms. The summed E-state index contributed by atoms with van der Waals surface area (Å²) in [6, 6.07) is 24.5. The standard InChI is InChI=1S/C29H33BrN2O3/c1-21(2)18-31-29(34)27(17-23-9-5-4-6-10-23)32(19-24-11-7-8-22(3)16-24)28(33)20-35-26-14-12-25(30)13-15-26/h4-16,21,27H,17-20H2,1-3H3,(H,31,34). The summed E-state index contributed by atoms with van der Waals surface area (Å²) in [5, 5.41) is 3.04. The molecule has 0 aliphatic carbocycles. The fraction of sp³-hybridized carbons (Fsp3) is 0.310. The molecule has 0 saturated carbocycles. The smallest absolute Gasteiger partial charge is 0.261 e. The van der Waals surface area contributed by atoms with Crippen molar-refractivity contribution in [3.63, 3.8) is 0 Å². The molecule has 0 aromatic heterocycles. The number of halogens is 1. The lowest BCUT2D eigenvalue weighted by Crippen LogP contribution is -2.52. The van der Waals surface area contributed by atoms with E-state index in [0.29, 0.717) is 31.2 Å². The van der Waals surface area contributed by atoms with Crippen LogP contribution in [0.2, 0.25) is 0 Å². The number of nitrogens with one attached hydrogen (secondary N) is 1. The van der Waals surface area contributed by atoms with Gasteiger partial charge in [0.25, 0.3) is 5.91 Å². The Morgan fingerprint density at radius 3 is 2.29 bits per heavy atom. The van der Waals surface area contributed by atoms with Crippen molar-refractivity contribution in [1.82, 2.24) is 10.2 Å². The van der Waals surface area contributed by atoms with Gasteiger partial charge in [0.2, 0.25) is 5.91 Å². The van der Waals surface area contributed by atoms with Gasteiger partial charge in [-0.15, -0.1) is 0 Å². The third-order valence-electron chi connectivity index (χ3n) is 5.57. The Hall–Kier alpha value is -3.12. The van der Waals surface area contributed by atoms with Gasteiger partial charge >= 0.3 is 0 Å². The molecule has 2 amide bonds. The van der Waals surface area contributed by atoms with Gasteiger partial charge < -0.3 is 15.0 Å². The zero-order chi connectivity index (χ0) is 25.2. The maximum atomic E-state index is 13.6. The van der Waals surface area contributed by atoms with E-state index in [1.807, 2.05) is 87.5 Å². The van der Waals surface area contributed by atoms with Crippen LogP contribution in [-0.2, 0) is 22.6 Å². The largest absolute Gasteiger partial charge is 0.484 e. The lowest BCUT2D eigenvalue weighted by molar-refractivity contribution is -0.142. The predicted molar refractivity (Wildman–Crippen MR) is 143 cm³/mol. The SMILES string of the molecule is Cc1cccc(CN(C(=O)COc2ccc(Br)cc2)C(Cc2ccccc2)C(=O)NCC(C)C)c1. The topological polar surface area (TPSA) is 58.6 Å². The summed E-state index contributed by atoms with van der Waals surface area (Å²) in [7, 11) is 0. The van der Waals surface area contributed by atoms with Gasteiger partial charge in [0.1, 0.15) is 11.8 Å². The first-order valence-electron chi connectivity index (χ1n) is 11.9. The van der Waals surface area contributed by atoms with Crippen LogP contribution in [0.4, 0.5) is 0 Å². The number of carbonyl (C=O) groups excluding carboxylic acids is 2. The number of nitrogens with zero attached hydrogens (tertiary/aromatic N) is 1. The van der Waals surface area contributed by atoms with E-state index >= 15 is 0 Å². The first-order valence-corrected chi connectivity index (χ1v) is 12.7. The van der Waals surface area contributed by atoms with Crippen LogP contribution < -0.4 is 10.1 Å². The molecule has 0 aliphatic heterocycles. The van der Waals surface area contributed by atoms with Crippen molar-refractivity contribution < 1.29 is 14.3 Å². The van der Waals surface area contributed by atoms with Crippen molar-refractivity contribution >= 4 is 27.7 Å². The number of rotatable bonds is 11. The number of hydrogen-bond donors (Lipinski definition) is 1. The van der Waals surface area contributed by atoms with E-state index < -0.39 is 6.04 Å². The number of ether oxygens (including phenoxy) is 1. The predicted octanol–water partition coefficient (Wildman–Crippen LogP) is 5.55. The molecule has 1 atom stereocenters. The molecule has 3 aromatic rings. The number of benzene rings is 3. The van der Waals surface area contributed by atoms with Crippen LogP contribution in [0.1, 0.15) is 30.5 Å². The van der Waals surface area contributed by atoms with Crippen molar-refractivity contribution in [2.45, 2.75) is 39.8 Å². The molecule has 35 heavy (non-hydrogen) atoms. The molecular weight excluding hydrogens is 504 g/mol. The number of hydrogen-bond acceptors (Lipinski definition) is 3. The van der Waals surface area contributed by atoms with Gasteiger partial charge in [-0.2, -0.15) is 0 Å². The minimum Gasteiger partial charge on any atom is -0.484 e. The maximum absolute atomic E-state index is 13.6. The Balaban J connectivity index is 1.89. The number of amides is 2. The second kappa shape index (κ2) is 13.1. The molecular formula is C29H33BrN2O3. The Bertz CT molecular complexity index is 1100. The summed E-state index contributed by atoms with van der Waals surface area (Å²) in [5.74, 6) is 0.501. The monoisotopic (exact) mass is 536 g/mol. The van der Waals surface area contributed by atoms with Gasteiger partial charge in [-0.05, 0) is 48.2 Å². The minimum atomic E-state index is -0.669. The van der Waals surface area contributed by atoms with Crippen molar-refractivity contribution in [3.05, 3.63) is 100 Å². The van der Waals surface area contributed by atoms with Gasteiger partial charge in [-0.3, -0.25) is 9.59 Å².